The summed E-state index contributed by atoms with van der Waals surface area (Å²) in [6, 6.07) is 11.0. The number of carbonyl (C=O) groups is 2. The molecule has 1 amide bonds. The van der Waals surface area contributed by atoms with Crippen molar-refractivity contribution in [3.63, 3.8) is 0 Å². The predicted molar refractivity (Wildman–Crippen MR) is 77.0 cm³/mol. The summed E-state index contributed by atoms with van der Waals surface area (Å²) in [5.41, 5.74) is 1.09. The molecule has 6 heteroatoms. The Morgan fingerprint density at radius 3 is 2.77 bits per heavy atom. The number of nitrogens with zero attached hydrogens (tertiary/aromatic N) is 1. The summed E-state index contributed by atoms with van der Waals surface area (Å²) in [4.78, 5) is 23.4. The van der Waals surface area contributed by atoms with Crippen LogP contribution in [-0.2, 0) is 16.1 Å². The Kier molecular flexibility index (Phi) is 4.18. The lowest BCUT2D eigenvalue weighted by molar-refractivity contribution is -0.143. The Balaban J connectivity index is 1.42. The zero-order valence-electron chi connectivity index (χ0n) is 12.0. The van der Waals surface area contributed by atoms with E-state index in [1.54, 1.807) is 6.07 Å². The summed E-state index contributed by atoms with van der Waals surface area (Å²) in [5, 5.41) is 6.18. The van der Waals surface area contributed by atoms with Gasteiger partial charge in [0.15, 0.2) is 5.69 Å². The van der Waals surface area contributed by atoms with Crippen LogP contribution in [0.3, 0.4) is 0 Å². The van der Waals surface area contributed by atoms with Crippen molar-refractivity contribution in [1.29, 1.82) is 0 Å². The van der Waals surface area contributed by atoms with Gasteiger partial charge in [-0.1, -0.05) is 35.5 Å². The first-order chi connectivity index (χ1) is 10.7. The molecular formula is C16H16N2O4. The second-order valence-electron chi connectivity index (χ2n) is 5.22. The molecule has 1 N–H and O–H groups in total. The maximum absolute atomic E-state index is 11.8. The SMILES string of the molecule is O=C(CNC(=O)c1cc(C2CC2)on1)OCc1ccccc1. The third-order valence-electron chi connectivity index (χ3n) is 3.38. The summed E-state index contributed by atoms with van der Waals surface area (Å²) >= 11 is 0. The van der Waals surface area contributed by atoms with Gasteiger partial charge in [-0.25, -0.2) is 0 Å². The molecule has 1 heterocycles. The van der Waals surface area contributed by atoms with Crippen molar-refractivity contribution in [3.05, 3.63) is 53.4 Å². The maximum Gasteiger partial charge on any atom is 0.325 e. The lowest BCUT2D eigenvalue weighted by Crippen LogP contribution is -2.30. The number of hydrogen-bond acceptors (Lipinski definition) is 5. The van der Waals surface area contributed by atoms with E-state index < -0.39 is 11.9 Å². The molecule has 2 aromatic rings. The zero-order chi connectivity index (χ0) is 15.4. The van der Waals surface area contributed by atoms with Gasteiger partial charge in [-0.3, -0.25) is 9.59 Å². The molecule has 0 spiro atoms. The molecule has 0 radical (unpaired) electrons. The van der Waals surface area contributed by atoms with Gasteiger partial charge in [-0.15, -0.1) is 0 Å². The van der Waals surface area contributed by atoms with Crippen LogP contribution in [0.4, 0.5) is 0 Å². The highest BCUT2D eigenvalue weighted by molar-refractivity contribution is 5.94. The first-order valence-electron chi connectivity index (χ1n) is 7.17. The van der Waals surface area contributed by atoms with Crippen molar-refractivity contribution in [2.24, 2.45) is 0 Å². The molecule has 1 aromatic carbocycles. The first kappa shape index (κ1) is 14.3. The summed E-state index contributed by atoms with van der Waals surface area (Å²) < 4.78 is 10.2. The van der Waals surface area contributed by atoms with Crippen LogP contribution in [0.1, 0.15) is 40.6 Å². The molecule has 1 aliphatic rings. The minimum absolute atomic E-state index is 0.186. The monoisotopic (exact) mass is 300 g/mol. The molecular weight excluding hydrogens is 284 g/mol. The Labute approximate surface area is 127 Å². The van der Waals surface area contributed by atoms with Crippen molar-refractivity contribution >= 4 is 11.9 Å². The quantitative estimate of drug-likeness (QED) is 0.825. The Hall–Kier alpha value is -2.63. The summed E-state index contributed by atoms with van der Waals surface area (Å²) in [6.07, 6.45) is 2.14. The van der Waals surface area contributed by atoms with E-state index in [1.165, 1.54) is 0 Å². The average molecular weight is 300 g/mol. The molecule has 1 aromatic heterocycles. The fourth-order valence-electron chi connectivity index (χ4n) is 1.99. The number of benzene rings is 1. The molecule has 1 fully saturated rings. The van der Waals surface area contributed by atoms with Gasteiger partial charge >= 0.3 is 5.97 Å². The molecule has 22 heavy (non-hydrogen) atoms. The zero-order valence-corrected chi connectivity index (χ0v) is 12.0. The van der Waals surface area contributed by atoms with Crippen LogP contribution < -0.4 is 5.32 Å². The van der Waals surface area contributed by atoms with Gasteiger partial charge in [-0.05, 0) is 18.4 Å². The molecule has 0 unspecified atom stereocenters. The van der Waals surface area contributed by atoms with E-state index in [1.807, 2.05) is 30.3 Å². The van der Waals surface area contributed by atoms with Crippen LogP contribution in [0.25, 0.3) is 0 Å². The highest BCUT2D eigenvalue weighted by atomic mass is 16.5. The number of carbonyl (C=O) groups excluding carboxylic acids is 2. The second-order valence-corrected chi connectivity index (χ2v) is 5.22. The maximum atomic E-state index is 11.8. The summed E-state index contributed by atoms with van der Waals surface area (Å²) in [5.74, 6) is 0.192. The van der Waals surface area contributed by atoms with Gasteiger partial charge in [0.2, 0.25) is 0 Å². The van der Waals surface area contributed by atoms with E-state index in [-0.39, 0.29) is 18.8 Å². The number of aromatic nitrogens is 1. The molecule has 1 saturated carbocycles. The van der Waals surface area contributed by atoms with Crippen molar-refractivity contribution < 1.29 is 18.8 Å². The van der Waals surface area contributed by atoms with E-state index in [2.05, 4.69) is 10.5 Å². The van der Waals surface area contributed by atoms with E-state index in [4.69, 9.17) is 9.26 Å². The molecule has 0 aliphatic heterocycles. The van der Waals surface area contributed by atoms with E-state index in [0.717, 1.165) is 24.2 Å². The number of rotatable bonds is 6. The molecule has 0 saturated heterocycles. The molecule has 3 rings (SSSR count). The first-order valence-corrected chi connectivity index (χ1v) is 7.17. The minimum Gasteiger partial charge on any atom is -0.460 e. The lowest BCUT2D eigenvalue weighted by Gasteiger charge is -2.05. The summed E-state index contributed by atoms with van der Waals surface area (Å²) in [6.45, 7) is -0.0113. The highest BCUT2D eigenvalue weighted by Crippen LogP contribution is 2.40. The van der Waals surface area contributed by atoms with E-state index >= 15 is 0 Å². The van der Waals surface area contributed by atoms with Gasteiger partial charge in [0, 0.05) is 12.0 Å². The predicted octanol–water partition coefficient (Wildman–Crippen LogP) is 2.03. The van der Waals surface area contributed by atoms with Crippen LogP contribution in [0, 0.1) is 0 Å². The van der Waals surface area contributed by atoms with Crippen molar-refractivity contribution in [3.8, 4) is 0 Å². The largest absolute Gasteiger partial charge is 0.460 e. The van der Waals surface area contributed by atoms with Gasteiger partial charge in [0.25, 0.3) is 5.91 Å². The number of nitrogens with one attached hydrogen (secondary N) is 1. The second kappa shape index (κ2) is 6.43. The van der Waals surface area contributed by atoms with Crippen LogP contribution in [-0.4, -0.2) is 23.6 Å². The smallest absolute Gasteiger partial charge is 0.325 e. The molecule has 0 bridgehead atoms. The highest BCUT2D eigenvalue weighted by Gasteiger charge is 2.28. The van der Waals surface area contributed by atoms with E-state index in [0.29, 0.717) is 5.92 Å². The van der Waals surface area contributed by atoms with Gasteiger partial charge in [0.1, 0.15) is 18.9 Å². The normalized spacial score (nSPS) is 13.6. The van der Waals surface area contributed by atoms with Gasteiger partial charge < -0.3 is 14.6 Å². The van der Waals surface area contributed by atoms with Gasteiger partial charge in [-0.2, -0.15) is 0 Å². The van der Waals surface area contributed by atoms with Crippen molar-refractivity contribution in [1.82, 2.24) is 10.5 Å². The molecule has 6 nitrogen and oxygen atoms in total. The number of esters is 1. The molecule has 1 aliphatic carbocycles. The Morgan fingerprint density at radius 1 is 1.27 bits per heavy atom. The standard InChI is InChI=1S/C16H16N2O4/c19-15(21-10-11-4-2-1-3-5-11)9-17-16(20)13-8-14(22-18-13)12-6-7-12/h1-5,8,12H,6-7,9-10H2,(H,17,20). The Morgan fingerprint density at radius 2 is 2.05 bits per heavy atom. The minimum atomic E-state index is -0.497. The van der Waals surface area contributed by atoms with Crippen molar-refractivity contribution in [2.75, 3.05) is 6.54 Å². The fourth-order valence-corrected chi connectivity index (χ4v) is 1.99. The van der Waals surface area contributed by atoms with Crippen LogP contribution in [0.2, 0.25) is 0 Å². The van der Waals surface area contributed by atoms with Crippen LogP contribution >= 0.6 is 0 Å². The number of ether oxygens (including phenoxy) is 1. The Bertz CT molecular complexity index is 662. The summed E-state index contributed by atoms with van der Waals surface area (Å²) in [7, 11) is 0. The molecule has 0 atom stereocenters. The topological polar surface area (TPSA) is 81.4 Å². The number of hydrogen-bond donors (Lipinski definition) is 1. The fraction of sp³-hybridized carbons (Fsp3) is 0.312. The van der Waals surface area contributed by atoms with Crippen molar-refractivity contribution in [2.45, 2.75) is 25.4 Å². The van der Waals surface area contributed by atoms with Crippen LogP contribution in [0.15, 0.2) is 40.9 Å². The molecule has 114 valence electrons. The third-order valence-corrected chi connectivity index (χ3v) is 3.38. The van der Waals surface area contributed by atoms with E-state index in [9.17, 15) is 9.59 Å². The van der Waals surface area contributed by atoms with Gasteiger partial charge in [0.05, 0.1) is 0 Å². The third kappa shape index (κ3) is 3.72. The average Bonchev–Trinajstić information content (AvgIpc) is 3.28. The number of amides is 1. The lowest BCUT2D eigenvalue weighted by atomic mass is 10.2. The van der Waals surface area contributed by atoms with Crippen LogP contribution in [0.5, 0.6) is 0 Å².